The minimum Gasteiger partial charge on any atom is -0.504 e. The lowest BCUT2D eigenvalue weighted by molar-refractivity contribution is -0.145. The Morgan fingerprint density at radius 1 is 1.33 bits per heavy atom. The van der Waals surface area contributed by atoms with E-state index in [1.165, 1.54) is 17.9 Å². The molecule has 3 amide bonds. The van der Waals surface area contributed by atoms with Gasteiger partial charge in [-0.15, -0.1) is 0 Å². The van der Waals surface area contributed by atoms with Gasteiger partial charge in [0.25, 0.3) is 5.91 Å². The monoisotopic (exact) mass is 440 g/mol. The molecule has 1 aliphatic rings. The highest BCUT2D eigenvalue weighted by atomic mass is 32.2. The number of β-lactam (4-membered cyclic amide) rings is 1. The number of benzene rings is 1. The fourth-order valence-electron chi connectivity index (χ4n) is 2.70. The standard InChI is InChI=1S/C18H24N4O7S/c1-11-7-16(26)22(11)10-18(2,30(28)29)9-20-21-15(25)5-6-19-17(27)12-3-4-13(23)14(24)8-12/h3-4,8-9,11,23-24,30H,5-7,10H2,1-2H3,(H,19,27)(H,21,25)/b20-9+/t11-,18+/m1/s1. The van der Waals surface area contributed by atoms with Gasteiger partial charge in [-0.05, 0) is 32.0 Å². The van der Waals surface area contributed by atoms with Crippen molar-refractivity contribution in [2.45, 2.75) is 37.5 Å². The highest BCUT2D eigenvalue weighted by Crippen LogP contribution is 2.24. The third-order valence-electron chi connectivity index (χ3n) is 4.64. The Balaban J connectivity index is 1.82. The zero-order valence-corrected chi connectivity index (χ0v) is 17.4. The summed E-state index contributed by atoms with van der Waals surface area (Å²) in [5, 5.41) is 24.8. The van der Waals surface area contributed by atoms with E-state index < -0.39 is 33.0 Å². The first-order valence-electron chi connectivity index (χ1n) is 9.10. The van der Waals surface area contributed by atoms with E-state index in [9.17, 15) is 33.0 Å². The van der Waals surface area contributed by atoms with Crippen LogP contribution in [0.25, 0.3) is 0 Å². The van der Waals surface area contributed by atoms with Crippen molar-refractivity contribution in [1.29, 1.82) is 0 Å². The molecule has 0 radical (unpaired) electrons. The third kappa shape index (κ3) is 5.69. The molecule has 4 N–H and O–H groups in total. The number of nitrogens with one attached hydrogen (secondary N) is 2. The van der Waals surface area contributed by atoms with Crippen LogP contribution in [0.4, 0.5) is 0 Å². The first-order valence-corrected chi connectivity index (χ1v) is 10.3. The van der Waals surface area contributed by atoms with Crippen LogP contribution in [0.5, 0.6) is 11.5 Å². The Hall–Kier alpha value is -3.15. The molecule has 0 aliphatic carbocycles. The molecule has 0 bridgehead atoms. The summed E-state index contributed by atoms with van der Waals surface area (Å²) >= 11 is 0. The van der Waals surface area contributed by atoms with Gasteiger partial charge >= 0.3 is 0 Å². The van der Waals surface area contributed by atoms with E-state index in [2.05, 4.69) is 15.8 Å². The highest BCUT2D eigenvalue weighted by Gasteiger charge is 2.39. The van der Waals surface area contributed by atoms with Crippen LogP contribution in [-0.4, -0.2) is 71.3 Å². The molecule has 0 spiro atoms. The molecular formula is C18H24N4O7S. The molecule has 12 heteroatoms. The van der Waals surface area contributed by atoms with Gasteiger partial charge in [-0.1, -0.05) is 0 Å². The van der Waals surface area contributed by atoms with Gasteiger partial charge in [0.15, 0.2) is 22.2 Å². The number of carbonyl (C=O) groups is 3. The van der Waals surface area contributed by atoms with Gasteiger partial charge in [0, 0.05) is 43.8 Å². The number of amides is 3. The second-order valence-electron chi connectivity index (χ2n) is 7.19. The van der Waals surface area contributed by atoms with Crippen LogP contribution in [0.15, 0.2) is 23.3 Å². The van der Waals surface area contributed by atoms with E-state index in [0.29, 0.717) is 6.42 Å². The topological polar surface area (TPSA) is 165 Å². The molecule has 0 saturated carbocycles. The van der Waals surface area contributed by atoms with Gasteiger partial charge in [-0.3, -0.25) is 14.4 Å². The number of carbonyl (C=O) groups excluding carboxylic acids is 3. The summed E-state index contributed by atoms with van der Waals surface area (Å²) in [7, 11) is -2.96. The zero-order valence-electron chi connectivity index (χ0n) is 16.5. The minimum atomic E-state index is -2.96. The summed E-state index contributed by atoms with van der Waals surface area (Å²) in [4.78, 5) is 36.8. The van der Waals surface area contributed by atoms with Crippen LogP contribution in [0.2, 0.25) is 0 Å². The number of thiol groups is 1. The molecule has 1 aromatic rings. The van der Waals surface area contributed by atoms with E-state index in [1.807, 2.05) is 6.92 Å². The summed E-state index contributed by atoms with van der Waals surface area (Å²) < 4.78 is 21.8. The fraction of sp³-hybridized carbons (Fsp3) is 0.444. The first-order chi connectivity index (χ1) is 14.0. The first kappa shape index (κ1) is 23.1. The lowest BCUT2D eigenvalue weighted by Gasteiger charge is -2.41. The number of hydrogen-bond donors (Lipinski definition) is 5. The lowest BCUT2D eigenvalue weighted by atomic mass is 10.0. The van der Waals surface area contributed by atoms with Crippen LogP contribution >= 0.6 is 0 Å². The van der Waals surface area contributed by atoms with E-state index in [0.717, 1.165) is 18.3 Å². The molecule has 11 nitrogen and oxygen atoms in total. The Morgan fingerprint density at radius 2 is 2.03 bits per heavy atom. The molecule has 1 fully saturated rings. The molecule has 1 aromatic carbocycles. The van der Waals surface area contributed by atoms with Crippen LogP contribution in [0.3, 0.4) is 0 Å². The van der Waals surface area contributed by atoms with Crippen LogP contribution in [0, 0.1) is 0 Å². The van der Waals surface area contributed by atoms with Crippen molar-refractivity contribution in [3.63, 3.8) is 0 Å². The third-order valence-corrected chi connectivity index (χ3v) is 5.73. The summed E-state index contributed by atoms with van der Waals surface area (Å²) in [6.07, 6.45) is 1.32. The van der Waals surface area contributed by atoms with Crippen LogP contribution < -0.4 is 10.7 Å². The molecule has 30 heavy (non-hydrogen) atoms. The normalized spacial score (nSPS) is 18.2. The van der Waals surface area contributed by atoms with Gasteiger partial charge in [0.05, 0.1) is 0 Å². The van der Waals surface area contributed by atoms with Gasteiger partial charge in [0.1, 0.15) is 4.75 Å². The van der Waals surface area contributed by atoms with Crippen molar-refractivity contribution in [1.82, 2.24) is 15.6 Å². The Bertz CT molecular complexity index is 938. The second-order valence-corrected chi connectivity index (χ2v) is 8.73. The van der Waals surface area contributed by atoms with Gasteiger partial charge in [-0.25, -0.2) is 13.8 Å². The Morgan fingerprint density at radius 3 is 2.60 bits per heavy atom. The fourth-order valence-corrected chi connectivity index (χ4v) is 3.12. The van der Waals surface area contributed by atoms with E-state index in [-0.39, 0.29) is 42.8 Å². The minimum absolute atomic E-state index is 0.0330. The molecule has 0 unspecified atom stereocenters. The Kier molecular flexibility index (Phi) is 7.38. The van der Waals surface area contributed by atoms with E-state index in [1.54, 1.807) is 0 Å². The number of nitrogens with zero attached hydrogens (tertiary/aromatic N) is 2. The maximum atomic E-state index is 11.9. The summed E-state index contributed by atoms with van der Waals surface area (Å²) in [5.41, 5.74) is 2.30. The number of rotatable bonds is 9. The molecule has 2 rings (SSSR count). The highest BCUT2D eigenvalue weighted by molar-refractivity contribution is 7.75. The maximum absolute atomic E-state index is 11.9. The van der Waals surface area contributed by atoms with Crippen molar-refractivity contribution in [3.8, 4) is 11.5 Å². The lowest BCUT2D eigenvalue weighted by Crippen LogP contribution is -2.57. The summed E-state index contributed by atoms with van der Waals surface area (Å²) in [6.45, 7) is 3.13. The molecule has 1 heterocycles. The second kappa shape index (κ2) is 9.57. The van der Waals surface area contributed by atoms with Crippen molar-refractivity contribution < 1.29 is 33.0 Å². The number of hydrogen-bond acceptors (Lipinski definition) is 8. The van der Waals surface area contributed by atoms with Crippen molar-refractivity contribution in [2.24, 2.45) is 5.10 Å². The predicted octanol–water partition coefficient (Wildman–Crippen LogP) is -0.689. The molecule has 2 atom stereocenters. The maximum Gasteiger partial charge on any atom is 0.251 e. The van der Waals surface area contributed by atoms with E-state index >= 15 is 0 Å². The number of hydrazone groups is 1. The quantitative estimate of drug-likeness (QED) is 0.111. The van der Waals surface area contributed by atoms with Gasteiger partial charge in [0.2, 0.25) is 11.8 Å². The predicted molar refractivity (Wildman–Crippen MR) is 108 cm³/mol. The molecule has 164 valence electrons. The Labute approximate surface area is 174 Å². The largest absolute Gasteiger partial charge is 0.504 e. The summed E-state index contributed by atoms with van der Waals surface area (Å²) in [6, 6.07) is 3.51. The average molecular weight is 440 g/mol. The van der Waals surface area contributed by atoms with Crippen LogP contribution in [-0.2, 0) is 20.3 Å². The molecule has 1 saturated heterocycles. The number of likely N-dealkylation sites (tertiary alicyclic amines) is 1. The zero-order chi connectivity index (χ0) is 22.5. The molecular weight excluding hydrogens is 416 g/mol. The molecule has 1 aliphatic heterocycles. The summed E-state index contributed by atoms with van der Waals surface area (Å²) in [5.74, 6) is -2.05. The van der Waals surface area contributed by atoms with Crippen molar-refractivity contribution >= 4 is 34.6 Å². The number of phenolic OH excluding ortho intramolecular Hbond substituents is 2. The van der Waals surface area contributed by atoms with Crippen molar-refractivity contribution in [3.05, 3.63) is 23.8 Å². The number of phenols is 2. The van der Waals surface area contributed by atoms with E-state index in [4.69, 9.17) is 0 Å². The van der Waals surface area contributed by atoms with Crippen LogP contribution in [0.1, 0.15) is 37.0 Å². The van der Waals surface area contributed by atoms with Gasteiger partial charge in [-0.2, -0.15) is 5.10 Å². The molecule has 0 aromatic heterocycles. The van der Waals surface area contributed by atoms with Gasteiger partial charge < -0.3 is 20.4 Å². The smallest absolute Gasteiger partial charge is 0.251 e. The number of aromatic hydroxyl groups is 2. The average Bonchev–Trinajstić information content (AvgIpc) is 2.68. The van der Waals surface area contributed by atoms with Crippen molar-refractivity contribution in [2.75, 3.05) is 13.1 Å². The SMILES string of the molecule is C[C@@H]1CC(=O)N1C[C@](C)(/C=N/NC(=O)CCNC(=O)c1ccc(O)c(O)c1)[SH](=O)=O.